The van der Waals surface area contributed by atoms with Crippen LogP contribution in [0.4, 0.5) is 0 Å². The molecule has 9 aromatic carbocycles. The molecule has 0 N–H and O–H groups in total. The van der Waals surface area contributed by atoms with E-state index in [4.69, 9.17) is 0 Å². The normalized spacial score (nSPS) is 12.1. The number of fused-ring (bicyclic) bond motifs is 9. The largest absolute Gasteiger partial charge is 0.309 e. The lowest BCUT2D eigenvalue weighted by atomic mass is 10.1. The van der Waals surface area contributed by atoms with Crippen molar-refractivity contribution in [2.45, 2.75) is 0 Å². The van der Waals surface area contributed by atoms with Crippen molar-refractivity contribution in [2.75, 3.05) is 0 Å². The van der Waals surface area contributed by atoms with Crippen LogP contribution in [-0.4, -0.2) is 17.2 Å². The Kier molecular flexibility index (Phi) is 7.46. The molecule has 0 saturated heterocycles. The van der Waals surface area contributed by atoms with Gasteiger partial charge in [-0.1, -0.05) is 158 Å². The van der Waals surface area contributed by atoms with Crippen molar-refractivity contribution < 1.29 is 0 Å². The van der Waals surface area contributed by atoms with Crippen LogP contribution in [-0.2, 0) is 0 Å². The Morgan fingerprint density at radius 1 is 0.310 bits per heavy atom. The lowest BCUT2D eigenvalue weighted by molar-refractivity contribution is 1.17. The van der Waals surface area contributed by atoms with Gasteiger partial charge in [0.15, 0.2) is 8.07 Å². The summed E-state index contributed by atoms with van der Waals surface area (Å²) in [5, 5.41) is 13.4. The molecule has 2 nitrogen and oxygen atoms in total. The molecule has 4 heteroatoms. The number of aromatic nitrogens is 2. The van der Waals surface area contributed by atoms with Crippen molar-refractivity contribution in [3.05, 3.63) is 218 Å². The molecule has 0 aliphatic rings. The second kappa shape index (κ2) is 13.0. The lowest BCUT2D eigenvalue weighted by Crippen LogP contribution is -2.75. The smallest absolute Gasteiger partial charge is 0.181 e. The molecule has 0 fully saturated rings. The zero-order valence-electron chi connectivity index (χ0n) is 31.6. The van der Waals surface area contributed by atoms with E-state index >= 15 is 0 Å². The van der Waals surface area contributed by atoms with Crippen LogP contribution < -0.4 is 20.7 Å². The molecule has 0 spiro atoms. The molecule has 12 rings (SSSR count). The van der Waals surface area contributed by atoms with Gasteiger partial charge >= 0.3 is 0 Å². The Morgan fingerprint density at radius 3 is 1.53 bits per heavy atom. The van der Waals surface area contributed by atoms with Gasteiger partial charge in [0.25, 0.3) is 0 Å². The standard InChI is InChI=1S/C54H36N2SSi/c1-4-18-37(19-5-1)55-45-27-13-10-24-41(45)44-36-38(34-35-47(44)55)56-46-28-14-11-25-42(46)53-48(56)29-16-32-51(53)58(39-20-6-2-7-21-39,40-22-8-3-9-23-40)52-33-17-31-50-54(52)43-26-12-15-30-49(43)57-50/h1-36H. The van der Waals surface area contributed by atoms with Crippen LogP contribution in [0.25, 0.3) is 75.2 Å². The predicted octanol–water partition coefficient (Wildman–Crippen LogP) is 11.6. The number of rotatable bonds is 6. The Balaban J connectivity index is 1.22. The van der Waals surface area contributed by atoms with Gasteiger partial charge in [0.2, 0.25) is 0 Å². The van der Waals surface area contributed by atoms with Gasteiger partial charge in [-0.25, -0.2) is 0 Å². The molecule has 0 amide bonds. The van der Waals surface area contributed by atoms with Crippen molar-refractivity contribution in [1.82, 2.24) is 9.13 Å². The van der Waals surface area contributed by atoms with Gasteiger partial charge in [0, 0.05) is 53.1 Å². The maximum absolute atomic E-state index is 3.04. The maximum Gasteiger partial charge on any atom is 0.181 e. The van der Waals surface area contributed by atoms with Crippen molar-refractivity contribution in [1.29, 1.82) is 0 Å². The van der Waals surface area contributed by atoms with Crippen LogP contribution in [0, 0.1) is 0 Å². The number of hydrogen-bond donors (Lipinski definition) is 0. The summed E-state index contributed by atoms with van der Waals surface area (Å²) in [6.07, 6.45) is 0. The van der Waals surface area contributed by atoms with Gasteiger partial charge in [0.05, 0.1) is 22.1 Å². The summed E-state index contributed by atoms with van der Waals surface area (Å²) in [5.74, 6) is 0. The molecule has 272 valence electrons. The third-order valence-corrected chi connectivity index (χ3v) is 18.2. The first kappa shape index (κ1) is 33.2. The van der Waals surface area contributed by atoms with E-state index in [-0.39, 0.29) is 0 Å². The Bertz CT molecular complexity index is 3470. The van der Waals surface area contributed by atoms with Crippen molar-refractivity contribution in [3.63, 3.8) is 0 Å². The highest BCUT2D eigenvalue weighted by Crippen LogP contribution is 2.38. The average molecular weight is 773 g/mol. The highest BCUT2D eigenvalue weighted by molar-refractivity contribution is 7.27. The molecular weight excluding hydrogens is 737 g/mol. The van der Waals surface area contributed by atoms with Gasteiger partial charge in [0.1, 0.15) is 0 Å². The molecule has 0 unspecified atom stereocenters. The van der Waals surface area contributed by atoms with Gasteiger partial charge in [-0.05, 0) is 81.4 Å². The Morgan fingerprint density at radius 2 is 0.810 bits per heavy atom. The van der Waals surface area contributed by atoms with Crippen LogP contribution in [0.1, 0.15) is 0 Å². The van der Waals surface area contributed by atoms with E-state index in [2.05, 4.69) is 228 Å². The molecule has 12 aromatic rings. The summed E-state index contributed by atoms with van der Waals surface area (Å²) in [6, 6.07) is 81.5. The number of thiophene rings is 1. The van der Waals surface area contributed by atoms with Crippen LogP contribution in [0.2, 0.25) is 0 Å². The topological polar surface area (TPSA) is 9.86 Å². The van der Waals surface area contributed by atoms with Gasteiger partial charge in [-0.3, -0.25) is 0 Å². The molecule has 0 bridgehead atoms. The van der Waals surface area contributed by atoms with Crippen molar-refractivity contribution in [3.8, 4) is 11.4 Å². The first-order valence-corrected chi connectivity index (χ1v) is 22.8. The predicted molar refractivity (Wildman–Crippen MR) is 252 cm³/mol. The first-order valence-electron chi connectivity index (χ1n) is 19.9. The molecule has 0 aliphatic carbocycles. The quantitative estimate of drug-likeness (QED) is 0.118. The summed E-state index contributed by atoms with van der Waals surface area (Å²) in [7, 11) is -3.04. The SMILES string of the molecule is c1ccc(-n2c3ccccc3c3cc(-n4c5ccccc5c5c([Si](c6ccccc6)(c6ccccc6)c6cccc7sc8ccccc8c67)cccc54)ccc32)cc1. The average Bonchev–Trinajstić information content (AvgIpc) is 3.96. The van der Waals surface area contributed by atoms with E-state index in [9.17, 15) is 0 Å². The molecule has 0 atom stereocenters. The van der Waals surface area contributed by atoms with E-state index in [1.54, 1.807) is 0 Å². The zero-order valence-corrected chi connectivity index (χ0v) is 33.4. The summed E-state index contributed by atoms with van der Waals surface area (Å²) in [4.78, 5) is 0. The monoisotopic (exact) mass is 772 g/mol. The van der Waals surface area contributed by atoms with E-state index in [1.165, 1.54) is 90.2 Å². The fourth-order valence-corrected chi connectivity index (χ4v) is 16.4. The molecule has 58 heavy (non-hydrogen) atoms. The molecule has 3 heterocycles. The third-order valence-electron chi connectivity index (χ3n) is 12.3. The second-order valence-electron chi connectivity index (χ2n) is 15.2. The third kappa shape index (κ3) is 4.70. The van der Waals surface area contributed by atoms with Crippen LogP contribution >= 0.6 is 11.3 Å². The minimum Gasteiger partial charge on any atom is -0.309 e. The Labute approximate surface area is 341 Å². The van der Waals surface area contributed by atoms with Crippen molar-refractivity contribution >= 4 is 104 Å². The fraction of sp³-hybridized carbons (Fsp3) is 0. The van der Waals surface area contributed by atoms with Crippen molar-refractivity contribution in [2.24, 2.45) is 0 Å². The number of hydrogen-bond acceptors (Lipinski definition) is 1. The molecule has 0 radical (unpaired) electrons. The van der Waals surface area contributed by atoms with Crippen LogP contribution in [0.3, 0.4) is 0 Å². The van der Waals surface area contributed by atoms with Gasteiger partial charge in [-0.15, -0.1) is 11.3 Å². The van der Waals surface area contributed by atoms with Crippen LogP contribution in [0.5, 0.6) is 0 Å². The summed E-state index contributed by atoms with van der Waals surface area (Å²) >= 11 is 1.90. The zero-order chi connectivity index (χ0) is 38.2. The van der Waals surface area contributed by atoms with Gasteiger partial charge in [-0.2, -0.15) is 0 Å². The number of para-hydroxylation sites is 3. The second-order valence-corrected chi connectivity index (χ2v) is 20.0. The molecule has 3 aromatic heterocycles. The minimum atomic E-state index is -3.04. The number of benzene rings is 9. The Hall–Kier alpha value is -6.98. The number of nitrogens with zero attached hydrogens (tertiary/aromatic N) is 2. The summed E-state index contributed by atoms with van der Waals surface area (Å²) in [5.41, 5.74) is 7.16. The molecule has 0 aliphatic heterocycles. The fourth-order valence-electron chi connectivity index (χ4n) is 9.96. The highest BCUT2D eigenvalue weighted by Gasteiger charge is 2.44. The van der Waals surface area contributed by atoms with Gasteiger partial charge < -0.3 is 9.13 Å². The lowest BCUT2D eigenvalue weighted by Gasteiger charge is -2.35. The molecule has 0 saturated carbocycles. The van der Waals surface area contributed by atoms with E-state index in [0.29, 0.717) is 0 Å². The van der Waals surface area contributed by atoms with E-state index < -0.39 is 8.07 Å². The highest BCUT2D eigenvalue weighted by atomic mass is 32.1. The summed E-state index contributed by atoms with van der Waals surface area (Å²) in [6.45, 7) is 0. The summed E-state index contributed by atoms with van der Waals surface area (Å²) < 4.78 is 7.57. The minimum absolute atomic E-state index is 1.16. The van der Waals surface area contributed by atoms with E-state index in [1.807, 2.05) is 11.3 Å². The molecular formula is C54H36N2SSi. The first-order chi connectivity index (χ1) is 28.8. The van der Waals surface area contributed by atoms with Crippen LogP contribution in [0.15, 0.2) is 218 Å². The van der Waals surface area contributed by atoms with E-state index in [0.717, 1.165) is 5.69 Å². The maximum atomic E-state index is 2.51.